The number of hydrogen-bond donors (Lipinski definition) is 1. The zero-order valence-corrected chi connectivity index (χ0v) is 13.3. The van der Waals surface area contributed by atoms with Gasteiger partial charge in [-0.2, -0.15) is 0 Å². The summed E-state index contributed by atoms with van der Waals surface area (Å²) in [4.78, 5) is 4.25. The average molecular weight is 348 g/mol. The lowest BCUT2D eigenvalue weighted by atomic mass is 10.1. The molecule has 0 saturated heterocycles. The Kier molecular flexibility index (Phi) is 4.71. The SMILES string of the molecule is CNCc1ccc(-c2ncn(-c3ccc(OC(F)(F)F)cc3)n2)cc1. The summed E-state index contributed by atoms with van der Waals surface area (Å²) in [6.45, 7) is 0.772. The van der Waals surface area contributed by atoms with Gasteiger partial charge < -0.3 is 10.1 Å². The second kappa shape index (κ2) is 6.94. The highest BCUT2D eigenvalue weighted by Gasteiger charge is 2.30. The van der Waals surface area contributed by atoms with Crippen LogP contribution in [0, 0.1) is 0 Å². The number of nitrogens with one attached hydrogen (secondary N) is 1. The standard InChI is InChI=1S/C17H15F3N4O/c1-21-10-12-2-4-13(5-3-12)16-22-11-24(23-16)14-6-8-15(9-7-14)25-17(18,19)20/h2-9,11,21H,10H2,1H3. The number of ether oxygens (including phenoxy) is 1. The molecule has 5 nitrogen and oxygen atoms in total. The van der Waals surface area contributed by atoms with Crippen LogP contribution in [-0.4, -0.2) is 28.2 Å². The molecule has 25 heavy (non-hydrogen) atoms. The Balaban J connectivity index is 1.76. The third-order valence-corrected chi connectivity index (χ3v) is 3.42. The number of nitrogens with zero attached hydrogens (tertiary/aromatic N) is 3. The summed E-state index contributed by atoms with van der Waals surface area (Å²) in [5.41, 5.74) is 2.58. The monoisotopic (exact) mass is 348 g/mol. The zero-order valence-electron chi connectivity index (χ0n) is 13.3. The van der Waals surface area contributed by atoms with E-state index in [0.29, 0.717) is 11.5 Å². The molecule has 8 heteroatoms. The molecule has 0 unspecified atom stereocenters. The van der Waals surface area contributed by atoms with Crippen LogP contribution in [0.3, 0.4) is 0 Å². The van der Waals surface area contributed by atoms with E-state index >= 15 is 0 Å². The van der Waals surface area contributed by atoms with E-state index in [-0.39, 0.29) is 5.75 Å². The van der Waals surface area contributed by atoms with Gasteiger partial charge in [-0.25, -0.2) is 9.67 Å². The Labute approximate surface area is 142 Å². The predicted octanol–water partition coefficient (Wildman–Crippen LogP) is 3.55. The second-order valence-corrected chi connectivity index (χ2v) is 5.28. The molecule has 0 fully saturated rings. The molecule has 2 aromatic carbocycles. The lowest BCUT2D eigenvalue weighted by Gasteiger charge is -2.09. The van der Waals surface area contributed by atoms with Crippen molar-refractivity contribution in [3.05, 3.63) is 60.4 Å². The normalized spacial score (nSPS) is 11.5. The van der Waals surface area contributed by atoms with Crippen LogP contribution < -0.4 is 10.1 Å². The van der Waals surface area contributed by atoms with Crippen molar-refractivity contribution in [2.75, 3.05) is 7.05 Å². The highest BCUT2D eigenvalue weighted by Crippen LogP contribution is 2.24. The van der Waals surface area contributed by atoms with Crippen LogP contribution in [-0.2, 0) is 6.54 Å². The van der Waals surface area contributed by atoms with Crippen molar-refractivity contribution in [3.8, 4) is 22.8 Å². The maximum Gasteiger partial charge on any atom is 0.573 e. The Morgan fingerprint density at radius 3 is 2.32 bits per heavy atom. The van der Waals surface area contributed by atoms with Crippen LogP contribution in [0.1, 0.15) is 5.56 Å². The number of rotatable bonds is 5. The molecule has 0 saturated carbocycles. The van der Waals surface area contributed by atoms with Crippen LogP contribution in [0.15, 0.2) is 54.9 Å². The zero-order chi connectivity index (χ0) is 17.9. The third-order valence-electron chi connectivity index (χ3n) is 3.42. The Bertz CT molecular complexity index is 826. The summed E-state index contributed by atoms with van der Waals surface area (Å²) in [7, 11) is 1.88. The number of hydrogen-bond acceptors (Lipinski definition) is 4. The lowest BCUT2D eigenvalue weighted by molar-refractivity contribution is -0.274. The van der Waals surface area contributed by atoms with Crippen LogP contribution >= 0.6 is 0 Å². The average Bonchev–Trinajstić information content (AvgIpc) is 3.05. The minimum absolute atomic E-state index is 0.281. The van der Waals surface area contributed by atoms with Gasteiger partial charge in [-0.1, -0.05) is 24.3 Å². The van der Waals surface area contributed by atoms with Gasteiger partial charge in [0.05, 0.1) is 5.69 Å². The largest absolute Gasteiger partial charge is 0.573 e. The van der Waals surface area contributed by atoms with E-state index in [4.69, 9.17) is 0 Å². The van der Waals surface area contributed by atoms with Crippen molar-refractivity contribution < 1.29 is 17.9 Å². The summed E-state index contributed by atoms with van der Waals surface area (Å²) in [6.07, 6.45) is -3.20. The van der Waals surface area contributed by atoms with Crippen molar-refractivity contribution in [2.45, 2.75) is 12.9 Å². The quantitative estimate of drug-likeness (QED) is 0.766. The minimum atomic E-state index is -4.71. The van der Waals surface area contributed by atoms with Crippen molar-refractivity contribution in [2.24, 2.45) is 0 Å². The van der Waals surface area contributed by atoms with Gasteiger partial charge in [0, 0.05) is 12.1 Å². The maximum atomic E-state index is 12.2. The van der Waals surface area contributed by atoms with Crippen molar-refractivity contribution in [1.82, 2.24) is 20.1 Å². The van der Waals surface area contributed by atoms with Gasteiger partial charge in [0.25, 0.3) is 0 Å². The molecule has 3 rings (SSSR count). The van der Waals surface area contributed by atoms with Crippen molar-refractivity contribution >= 4 is 0 Å². The molecule has 0 aliphatic carbocycles. The first-order valence-electron chi connectivity index (χ1n) is 7.46. The highest BCUT2D eigenvalue weighted by molar-refractivity contribution is 5.55. The van der Waals surface area contributed by atoms with Crippen LogP contribution in [0.25, 0.3) is 17.1 Å². The fourth-order valence-corrected chi connectivity index (χ4v) is 2.30. The molecule has 130 valence electrons. The van der Waals surface area contributed by atoms with Crippen LogP contribution in [0.4, 0.5) is 13.2 Å². The van der Waals surface area contributed by atoms with E-state index in [2.05, 4.69) is 20.1 Å². The molecule has 0 amide bonds. The Morgan fingerprint density at radius 1 is 1.04 bits per heavy atom. The van der Waals surface area contributed by atoms with Crippen molar-refractivity contribution in [3.63, 3.8) is 0 Å². The summed E-state index contributed by atoms with van der Waals surface area (Å²) in [6, 6.07) is 13.2. The smallest absolute Gasteiger partial charge is 0.406 e. The fraction of sp³-hybridized carbons (Fsp3) is 0.176. The molecule has 0 spiro atoms. The third kappa shape index (κ3) is 4.36. The number of aromatic nitrogens is 3. The van der Waals surface area contributed by atoms with E-state index in [9.17, 15) is 13.2 Å². The van der Waals surface area contributed by atoms with Gasteiger partial charge >= 0.3 is 6.36 Å². The van der Waals surface area contributed by atoms with Gasteiger partial charge in [0.15, 0.2) is 5.82 Å². The van der Waals surface area contributed by atoms with Gasteiger partial charge in [-0.3, -0.25) is 0 Å². The van der Waals surface area contributed by atoms with E-state index in [1.807, 2.05) is 31.3 Å². The first-order chi connectivity index (χ1) is 11.9. The molecule has 0 aliphatic rings. The van der Waals surface area contributed by atoms with E-state index < -0.39 is 6.36 Å². The molecule has 0 atom stereocenters. The molecule has 0 radical (unpaired) electrons. The van der Waals surface area contributed by atoms with Crippen LogP contribution in [0.5, 0.6) is 5.75 Å². The molecular formula is C17H15F3N4O. The summed E-state index contributed by atoms with van der Waals surface area (Å²) in [5.74, 6) is 0.253. The lowest BCUT2D eigenvalue weighted by Crippen LogP contribution is -2.17. The van der Waals surface area contributed by atoms with Crippen LogP contribution in [0.2, 0.25) is 0 Å². The van der Waals surface area contributed by atoms with Gasteiger partial charge in [0.1, 0.15) is 12.1 Å². The molecule has 0 aliphatic heterocycles. The van der Waals surface area contributed by atoms with E-state index in [1.165, 1.54) is 35.3 Å². The summed E-state index contributed by atoms with van der Waals surface area (Å²) >= 11 is 0. The number of benzene rings is 2. The second-order valence-electron chi connectivity index (χ2n) is 5.28. The topological polar surface area (TPSA) is 52.0 Å². The molecular weight excluding hydrogens is 333 g/mol. The fourth-order valence-electron chi connectivity index (χ4n) is 2.30. The molecule has 1 aromatic heterocycles. The predicted molar refractivity (Wildman–Crippen MR) is 86.2 cm³/mol. The highest BCUT2D eigenvalue weighted by atomic mass is 19.4. The summed E-state index contributed by atoms with van der Waals surface area (Å²) in [5, 5.41) is 7.43. The molecule has 1 N–H and O–H groups in total. The Morgan fingerprint density at radius 2 is 1.72 bits per heavy atom. The molecule has 1 heterocycles. The maximum absolute atomic E-state index is 12.2. The first-order valence-corrected chi connectivity index (χ1v) is 7.46. The molecule has 0 bridgehead atoms. The first kappa shape index (κ1) is 17.0. The molecule has 3 aromatic rings. The van der Waals surface area contributed by atoms with Gasteiger partial charge in [-0.05, 0) is 36.9 Å². The number of alkyl halides is 3. The summed E-state index contributed by atoms with van der Waals surface area (Å²) < 4.78 is 41.9. The van der Waals surface area contributed by atoms with Crippen molar-refractivity contribution in [1.29, 1.82) is 0 Å². The van der Waals surface area contributed by atoms with E-state index in [1.54, 1.807) is 0 Å². The van der Waals surface area contributed by atoms with E-state index in [0.717, 1.165) is 17.7 Å². The van der Waals surface area contributed by atoms with Gasteiger partial charge in [0.2, 0.25) is 0 Å². The minimum Gasteiger partial charge on any atom is -0.406 e. The van der Waals surface area contributed by atoms with Gasteiger partial charge in [-0.15, -0.1) is 18.3 Å². The Hall–Kier alpha value is -2.87. The number of halogens is 3.